The summed E-state index contributed by atoms with van der Waals surface area (Å²) in [6.07, 6.45) is 0. The zero-order chi connectivity index (χ0) is 19.6. The molecule has 0 aliphatic rings. The number of ether oxygens (including phenoxy) is 1. The minimum atomic E-state index is -0.815. The summed E-state index contributed by atoms with van der Waals surface area (Å²) in [6.45, 7) is 3.37. The zero-order valence-corrected chi connectivity index (χ0v) is 16.6. The summed E-state index contributed by atoms with van der Waals surface area (Å²) in [5.74, 6) is 0.0804. The van der Waals surface area contributed by atoms with Crippen LogP contribution in [0.4, 0.5) is 4.39 Å². The van der Waals surface area contributed by atoms with Crippen molar-refractivity contribution in [1.82, 2.24) is 10.3 Å². The van der Waals surface area contributed by atoms with Crippen molar-refractivity contribution in [2.45, 2.75) is 19.4 Å². The van der Waals surface area contributed by atoms with E-state index in [9.17, 15) is 9.18 Å². The number of amides is 1. The monoisotopic (exact) mass is 404 g/mol. The van der Waals surface area contributed by atoms with E-state index in [1.807, 2.05) is 36.6 Å². The first-order valence-corrected chi connectivity index (χ1v) is 9.44. The molecule has 4 nitrogen and oxygen atoms in total. The van der Waals surface area contributed by atoms with Crippen LogP contribution in [-0.4, -0.2) is 18.0 Å². The Bertz CT molecular complexity index is 974. The zero-order valence-electron chi connectivity index (χ0n) is 15.0. The first-order valence-electron chi connectivity index (χ1n) is 8.18. The van der Waals surface area contributed by atoms with Gasteiger partial charge in [-0.05, 0) is 42.8 Å². The van der Waals surface area contributed by atoms with Gasteiger partial charge in [-0.1, -0.05) is 23.7 Å². The molecule has 140 valence electrons. The highest BCUT2D eigenvalue weighted by Gasteiger charge is 2.33. The number of nitrogens with one attached hydrogen (secondary N) is 1. The van der Waals surface area contributed by atoms with Gasteiger partial charge in [0.2, 0.25) is 5.91 Å². The van der Waals surface area contributed by atoms with Gasteiger partial charge < -0.3 is 10.1 Å². The quantitative estimate of drug-likeness (QED) is 0.650. The van der Waals surface area contributed by atoms with Crippen molar-refractivity contribution in [3.8, 4) is 17.0 Å². The molecule has 0 aliphatic carbocycles. The molecule has 1 unspecified atom stereocenters. The van der Waals surface area contributed by atoms with Crippen molar-refractivity contribution < 1.29 is 13.9 Å². The normalized spacial score (nSPS) is 13.1. The number of aromatic nitrogens is 1. The summed E-state index contributed by atoms with van der Waals surface area (Å²) < 4.78 is 18.6. The van der Waals surface area contributed by atoms with E-state index >= 15 is 0 Å². The Morgan fingerprint density at radius 2 is 1.96 bits per heavy atom. The van der Waals surface area contributed by atoms with Crippen molar-refractivity contribution in [3.63, 3.8) is 0 Å². The van der Waals surface area contributed by atoms with E-state index in [0.717, 1.165) is 11.3 Å². The van der Waals surface area contributed by atoms with Gasteiger partial charge in [0.05, 0.1) is 17.8 Å². The summed E-state index contributed by atoms with van der Waals surface area (Å²) in [5.41, 5.74) is 1.44. The number of benzene rings is 2. The topological polar surface area (TPSA) is 51.2 Å². The lowest BCUT2D eigenvalue weighted by atomic mass is 9.92. The van der Waals surface area contributed by atoms with Gasteiger partial charge >= 0.3 is 0 Å². The maximum Gasteiger partial charge on any atom is 0.217 e. The van der Waals surface area contributed by atoms with E-state index in [1.165, 1.54) is 24.3 Å². The van der Waals surface area contributed by atoms with Crippen LogP contribution in [0.1, 0.15) is 24.4 Å². The van der Waals surface area contributed by atoms with Gasteiger partial charge in [0, 0.05) is 17.9 Å². The number of carbonyl (C=O) groups excluding carboxylic acids is 1. The number of rotatable bonds is 5. The molecule has 1 amide bonds. The second-order valence-corrected chi connectivity index (χ2v) is 7.47. The molecule has 1 atom stereocenters. The van der Waals surface area contributed by atoms with Crippen LogP contribution in [0.15, 0.2) is 47.8 Å². The number of thiazole rings is 1. The van der Waals surface area contributed by atoms with Gasteiger partial charge in [0.1, 0.15) is 22.1 Å². The van der Waals surface area contributed by atoms with Crippen LogP contribution < -0.4 is 10.1 Å². The lowest BCUT2D eigenvalue weighted by Gasteiger charge is -2.29. The Kier molecular flexibility index (Phi) is 5.48. The van der Waals surface area contributed by atoms with Crippen molar-refractivity contribution >= 4 is 28.8 Å². The number of nitrogens with zero attached hydrogens (tertiary/aromatic N) is 1. The average molecular weight is 405 g/mol. The molecular weight excluding hydrogens is 387 g/mol. The third kappa shape index (κ3) is 3.96. The standard InChI is InChI=1S/C20H18ClFN2O2S/c1-12(25)24-20(2,14-5-7-15(26-3)8-6-14)19-23-18(11-27-19)13-4-9-17(22)16(21)10-13/h4-11H,1-3H3,(H,24,25). The second kappa shape index (κ2) is 7.66. The van der Waals surface area contributed by atoms with E-state index in [0.29, 0.717) is 16.3 Å². The largest absolute Gasteiger partial charge is 0.497 e. The number of carbonyl (C=O) groups is 1. The van der Waals surface area contributed by atoms with Crippen molar-refractivity contribution in [2.75, 3.05) is 7.11 Å². The summed E-state index contributed by atoms with van der Waals surface area (Å²) >= 11 is 7.30. The molecule has 0 bridgehead atoms. The van der Waals surface area contributed by atoms with Gasteiger partial charge in [-0.3, -0.25) is 4.79 Å². The maximum atomic E-state index is 13.4. The highest BCUT2D eigenvalue weighted by Crippen LogP contribution is 2.35. The third-order valence-electron chi connectivity index (χ3n) is 4.24. The summed E-state index contributed by atoms with van der Waals surface area (Å²) in [5, 5.41) is 5.61. The molecule has 0 radical (unpaired) electrons. The van der Waals surface area contributed by atoms with Crippen LogP contribution >= 0.6 is 22.9 Å². The molecular formula is C20H18ClFN2O2S. The molecule has 0 spiro atoms. The fraction of sp³-hybridized carbons (Fsp3) is 0.200. The molecule has 1 aromatic heterocycles. The molecule has 3 aromatic rings. The van der Waals surface area contributed by atoms with E-state index in [2.05, 4.69) is 10.3 Å². The van der Waals surface area contributed by atoms with Gasteiger partial charge in [-0.15, -0.1) is 11.3 Å². The van der Waals surface area contributed by atoms with Crippen molar-refractivity contribution in [1.29, 1.82) is 0 Å². The smallest absolute Gasteiger partial charge is 0.217 e. The minimum Gasteiger partial charge on any atom is -0.497 e. The van der Waals surface area contributed by atoms with E-state index in [-0.39, 0.29) is 10.9 Å². The maximum absolute atomic E-state index is 13.4. The molecule has 27 heavy (non-hydrogen) atoms. The summed E-state index contributed by atoms with van der Waals surface area (Å²) in [4.78, 5) is 16.6. The highest BCUT2D eigenvalue weighted by molar-refractivity contribution is 7.10. The van der Waals surface area contributed by atoms with Gasteiger partial charge in [-0.25, -0.2) is 9.37 Å². The first kappa shape index (κ1) is 19.3. The Balaban J connectivity index is 2.03. The van der Waals surface area contributed by atoms with Crippen molar-refractivity contribution in [2.24, 2.45) is 0 Å². The molecule has 2 aromatic carbocycles. The molecule has 0 fully saturated rings. The minimum absolute atomic E-state index is 0.0434. The van der Waals surface area contributed by atoms with Gasteiger partial charge in [0.15, 0.2) is 0 Å². The number of hydrogen-bond donors (Lipinski definition) is 1. The van der Waals surface area contributed by atoms with Crippen LogP contribution in [0.3, 0.4) is 0 Å². The van der Waals surface area contributed by atoms with Gasteiger partial charge in [-0.2, -0.15) is 0 Å². The number of halogens is 2. The molecule has 3 rings (SSSR count). The van der Waals surface area contributed by atoms with E-state index in [4.69, 9.17) is 16.3 Å². The van der Waals surface area contributed by atoms with Crippen LogP contribution in [0.2, 0.25) is 5.02 Å². The predicted octanol–water partition coefficient (Wildman–Crippen LogP) is 5.01. The fourth-order valence-corrected chi connectivity index (χ4v) is 3.97. The molecule has 1 N–H and O–H groups in total. The SMILES string of the molecule is COc1ccc(C(C)(NC(C)=O)c2nc(-c3ccc(F)c(Cl)c3)cs2)cc1. The molecule has 0 saturated heterocycles. The van der Waals surface area contributed by atoms with Crippen LogP contribution in [0.5, 0.6) is 5.75 Å². The Hall–Kier alpha value is -2.44. The summed E-state index contributed by atoms with van der Waals surface area (Å²) in [7, 11) is 1.60. The van der Waals surface area contributed by atoms with E-state index < -0.39 is 11.4 Å². The molecule has 7 heteroatoms. The predicted molar refractivity (Wildman–Crippen MR) is 106 cm³/mol. The third-order valence-corrected chi connectivity index (χ3v) is 5.59. The van der Waals surface area contributed by atoms with Crippen molar-refractivity contribution in [3.05, 3.63) is 69.3 Å². The second-order valence-electron chi connectivity index (χ2n) is 6.20. The number of methoxy groups -OCH3 is 1. The first-order chi connectivity index (χ1) is 12.8. The van der Waals surface area contributed by atoms with Crippen LogP contribution in [0.25, 0.3) is 11.3 Å². The molecule has 0 saturated carbocycles. The Labute approximate surface area is 166 Å². The molecule has 1 heterocycles. The average Bonchev–Trinajstić information content (AvgIpc) is 3.14. The van der Waals surface area contributed by atoms with Crippen LogP contribution in [-0.2, 0) is 10.3 Å². The number of hydrogen-bond acceptors (Lipinski definition) is 4. The van der Waals surface area contributed by atoms with Crippen LogP contribution in [0, 0.1) is 5.82 Å². The Morgan fingerprint density at radius 3 is 2.56 bits per heavy atom. The Morgan fingerprint density at radius 1 is 1.26 bits per heavy atom. The van der Waals surface area contributed by atoms with Gasteiger partial charge in [0.25, 0.3) is 0 Å². The fourth-order valence-electron chi connectivity index (χ4n) is 2.82. The van der Waals surface area contributed by atoms with E-state index in [1.54, 1.807) is 19.2 Å². The molecule has 0 aliphatic heterocycles. The lowest BCUT2D eigenvalue weighted by molar-refractivity contribution is -0.120. The summed E-state index contributed by atoms with van der Waals surface area (Å²) in [6, 6.07) is 11.9. The highest BCUT2D eigenvalue weighted by atomic mass is 35.5. The lowest BCUT2D eigenvalue weighted by Crippen LogP contribution is -2.43.